The molecule has 1 N–H and O–H groups in total. The van der Waals surface area contributed by atoms with E-state index in [9.17, 15) is 9.90 Å². The summed E-state index contributed by atoms with van der Waals surface area (Å²) in [5, 5.41) is 12.4. The number of aliphatic hydroxyl groups is 1. The van der Waals surface area contributed by atoms with Gasteiger partial charge in [-0.1, -0.05) is 101 Å². The number of ketones is 1. The molecule has 3 aromatic carbocycles. The predicted molar refractivity (Wildman–Crippen MR) is 192 cm³/mol. The second-order valence-electron chi connectivity index (χ2n) is 13.9. The molecule has 1 radical (unpaired) electrons. The third kappa shape index (κ3) is 9.18. The maximum absolute atomic E-state index is 12.0. The van der Waals surface area contributed by atoms with E-state index in [1.807, 2.05) is 6.07 Å². The molecule has 0 atom stereocenters. The Balaban J connectivity index is 0.000000228. The van der Waals surface area contributed by atoms with Crippen LogP contribution in [0, 0.1) is 30.7 Å². The van der Waals surface area contributed by atoms with Gasteiger partial charge in [-0.15, -0.1) is 29.1 Å². The van der Waals surface area contributed by atoms with E-state index in [1.165, 1.54) is 80.5 Å². The van der Waals surface area contributed by atoms with Crippen molar-refractivity contribution >= 4 is 27.6 Å². The number of hydrogen-bond donors (Lipinski definition) is 1. The quantitative estimate of drug-likeness (QED) is 0.124. The number of carbonyl (C=O) groups is 1. The fourth-order valence-corrected chi connectivity index (χ4v) is 7.77. The van der Waals surface area contributed by atoms with Crippen LogP contribution in [0.15, 0.2) is 66.4 Å². The number of aromatic nitrogens is 2. The molecule has 3 fully saturated rings. The molecule has 253 valence electrons. The number of hydrogen-bond acceptors (Lipinski definition) is 4. The molecule has 5 heteroatoms. The van der Waals surface area contributed by atoms with Gasteiger partial charge in [-0.3, -0.25) is 14.8 Å². The molecule has 0 bridgehead atoms. The van der Waals surface area contributed by atoms with Crippen LogP contribution in [0.4, 0.5) is 0 Å². The third-order valence-corrected chi connectivity index (χ3v) is 10.6. The molecular formula is C42H53IrN2O2-. The van der Waals surface area contributed by atoms with Crippen molar-refractivity contribution in [2.45, 2.75) is 117 Å². The monoisotopic (exact) mass is 810 g/mol. The van der Waals surface area contributed by atoms with Crippen molar-refractivity contribution in [3.63, 3.8) is 0 Å². The van der Waals surface area contributed by atoms with Gasteiger partial charge in [0.15, 0.2) is 5.78 Å². The number of aryl methyl sites for hydroxylation is 1. The number of nitrogens with zero attached hydrogens (tertiary/aromatic N) is 2. The second kappa shape index (κ2) is 17.5. The van der Waals surface area contributed by atoms with Crippen LogP contribution < -0.4 is 0 Å². The number of allylic oxidation sites excluding steroid dienone is 2. The first kappa shape index (κ1) is 36.9. The molecule has 0 spiro atoms. The molecule has 0 aliphatic heterocycles. The number of carbonyl (C=O) groups excluding carboxylic acids is 1. The summed E-state index contributed by atoms with van der Waals surface area (Å²) in [6.45, 7) is 4.43. The van der Waals surface area contributed by atoms with E-state index in [4.69, 9.17) is 9.97 Å². The molecular weight excluding hydrogens is 757 g/mol. The molecule has 0 amide bonds. The van der Waals surface area contributed by atoms with E-state index in [1.54, 1.807) is 6.08 Å². The van der Waals surface area contributed by atoms with Crippen LogP contribution >= 0.6 is 0 Å². The number of aliphatic hydroxyl groups excluding tert-OH is 1. The maximum Gasteiger partial charge on any atom is 0.162 e. The number of benzene rings is 3. The summed E-state index contributed by atoms with van der Waals surface area (Å²) in [6, 6.07) is 22.6. The molecule has 47 heavy (non-hydrogen) atoms. The van der Waals surface area contributed by atoms with Gasteiger partial charge in [-0.25, -0.2) is 0 Å². The minimum absolute atomic E-state index is 0. The van der Waals surface area contributed by atoms with Crippen molar-refractivity contribution in [2.24, 2.45) is 17.8 Å². The van der Waals surface area contributed by atoms with Gasteiger partial charge in [0.1, 0.15) is 0 Å². The molecule has 1 heterocycles. The topological polar surface area (TPSA) is 63.1 Å². The van der Waals surface area contributed by atoms with Gasteiger partial charge < -0.3 is 5.11 Å². The summed E-state index contributed by atoms with van der Waals surface area (Å²) in [6.07, 6.45) is 18.2. The summed E-state index contributed by atoms with van der Waals surface area (Å²) in [5.74, 6) is 2.53. The fraction of sp³-hybridized carbons (Fsp3) is 0.500. The standard InChI is InChI=1S/C26H25N2.C15H24O2.CH4.Ir/c1-17-10-12-19(13-11-17)21-14-15-24-25(16-21)27-18(2)26(28-24)23-9-5-7-20-6-3-4-8-22(20)23;16-14(12-7-3-1-4-8-12)11-15(17)13-9-5-2-6-10-13;;/h3-8,14-17,19H,10-13H2,1-2H3;11-13,16H,1-10H2;1H4;/q-1;;;. The van der Waals surface area contributed by atoms with E-state index in [0.717, 1.165) is 59.6 Å². The van der Waals surface area contributed by atoms with Crippen LogP contribution in [0.2, 0.25) is 0 Å². The average Bonchev–Trinajstić information content (AvgIpc) is 3.09. The van der Waals surface area contributed by atoms with Crippen molar-refractivity contribution < 1.29 is 30.0 Å². The van der Waals surface area contributed by atoms with Crippen molar-refractivity contribution in [3.05, 3.63) is 83.8 Å². The summed E-state index contributed by atoms with van der Waals surface area (Å²) >= 11 is 0. The van der Waals surface area contributed by atoms with E-state index in [2.05, 4.69) is 68.4 Å². The Morgan fingerprint density at radius 3 is 2.17 bits per heavy atom. The van der Waals surface area contributed by atoms with Crippen LogP contribution in [-0.4, -0.2) is 20.9 Å². The summed E-state index contributed by atoms with van der Waals surface area (Å²) in [5.41, 5.74) is 6.35. The first-order valence-electron chi connectivity index (χ1n) is 17.6. The van der Waals surface area contributed by atoms with Crippen molar-refractivity contribution in [1.29, 1.82) is 0 Å². The summed E-state index contributed by atoms with van der Waals surface area (Å²) < 4.78 is 0. The molecule has 0 saturated heterocycles. The van der Waals surface area contributed by atoms with Gasteiger partial charge in [0.05, 0.1) is 16.8 Å². The number of rotatable bonds is 5. The fourth-order valence-electron chi connectivity index (χ4n) is 7.77. The van der Waals surface area contributed by atoms with Crippen molar-refractivity contribution in [1.82, 2.24) is 9.97 Å². The third-order valence-electron chi connectivity index (χ3n) is 10.6. The molecule has 3 aliphatic rings. The summed E-state index contributed by atoms with van der Waals surface area (Å²) in [4.78, 5) is 22.0. The van der Waals surface area contributed by atoms with Crippen LogP contribution in [0.5, 0.6) is 0 Å². The zero-order chi connectivity index (χ0) is 31.2. The molecule has 4 nitrogen and oxygen atoms in total. The van der Waals surface area contributed by atoms with E-state index < -0.39 is 0 Å². The minimum Gasteiger partial charge on any atom is -0.512 e. The molecule has 3 saturated carbocycles. The first-order valence-corrected chi connectivity index (χ1v) is 17.6. The smallest absolute Gasteiger partial charge is 0.162 e. The largest absolute Gasteiger partial charge is 0.512 e. The van der Waals surface area contributed by atoms with E-state index in [0.29, 0.717) is 11.7 Å². The predicted octanol–water partition coefficient (Wildman–Crippen LogP) is 11.6. The molecule has 7 rings (SSSR count). The van der Waals surface area contributed by atoms with Gasteiger partial charge in [0.25, 0.3) is 0 Å². The normalized spacial score (nSPS) is 20.9. The van der Waals surface area contributed by atoms with Gasteiger partial charge in [-0.2, -0.15) is 0 Å². The summed E-state index contributed by atoms with van der Waals surface area (Å²) in [7, 11) is 0. The SMILES string of the molecule is C.Cc1nc2cc(C3CCC(C)CC3)ccc2nc1-c1[c-]ccc2ccccc12.O=C(C=C(O)C1CCCCC1)C1CCCCC1.[Ir]. The van der Waals surface area contributed by atoms with Gasteiger partial charge in [0, 0.05) is 49.4 Å². The molecule has 3 aliphatic carbocycles. The van der Waals surface area contributed by atoms with Gasteiger partial charge in [0.2, 0.25) is 0 Å². The zero-order valence-corrected chi connectivity index (χ0v) is 30.0. The first-order chi connectivity index (χ1) is 22.0. The van der Waals surface area contributed by atoms with Crippen LogP contribution in [0.3, 0.4) is 0 Å². The van der Waals surface area contributed by atoms with Gasteiger partial charge >= 0.3 is 0 Å². The Kier molecular flexibility index (Phi) is 13.8. The van der Waals surface area contributed by atoms with Crippen LogP contribution in [-0.2, 0) is 24.9 Å². The zero-order valence-electron chi connectivity index (χ0n) is 27.6. The Labute approximate surface area is 296 Å². The number of fused-ring (bicyclic) bond motifs is 2. The van der Waals surface area contributed by atoms with E-state index in [-0.39, 0.29) is 45.2 Å². The Bertz CT molecular complexity index is 1640. The van der Waals surface area contributed by atoms with Gasteiger partial charge in [-0.05, 0) is 75.0 Å². The minimum atomic E-state index is 0. The van der Waals surface area contributed by atoms with Crippen LogP contribution in [0.25, 0.3) is 33.1 Å². The molecule has 0 unspecified atom stereocenters. The Morgan fingerprint density at radius 2 is 1.47 bits per heavy atom. The maximum atomic E-state index is 12.0. The van der Waals surface area contributed by atoms with Crippen molar-refractivity contribution in [3.8, 4) is 11.3 Å². The Morgan fingerprint density at radius 1 is 0.809 bits per heavy atom. The molecule has 1 aromatic heterocycles. The molecule has 4 aromatic rings. The Hall–Kier alpha value is -2.88. The van der Waals surface area contributed by atoms with Crippen molar-refractivity contribution in [2.75, 3.05) is 0 Å². The second-order valence-corrected chi connectivity index (χ2v) is 13.9. The van der Waals surface area contributed by atoms with Crippen LogP contribution in [0.1, 0.15) is 121 Å². The average molecular weight is 810 g/mol. The van der Waals surface area contributed by atoms with E-state index >= 15 is 0 Å².